The maximum Gasteiger partial charge on any atom is 0.251 e. The topological polar surface area (TPSA) is 98.0 Å². The van der Waals surface area contributed by atoms with Crippen LogP contribution >= 0.6 is 11.6 Å². The number of benzene rings is 2. The Kier molecular flexibility index (Phi) is 6.24. The Morgan fingerprint density at radius 3 is 2.34 bits per heavy atom. The van der Waals surface area contributed by atoms with Crippen LogP contribution in [0.4, 0.5) is 0 Å². The Morgan fingerprint density at radius 2 is 1.66 bits per heavy atom. The van der Waals surface area contributed by atoms with Crippen LogP contribution < -0.4 is 11.1 Å². The van der Waals surface area contributed by atoms with E-state index in [4.69, 9.17) is 17.3 Å². The van der Waals surface area contributed by atoms with Crippen LogP contribution in [0.15, 0.2) is 85.2 Å². The number of nitrogens with zero attached hydrogens (tertiary/aromatic N) is 2. The molecule has 0 bridgehead atoms. The largest absolute Gasteiger partial charge is 0.366 e. The summed E-state index contributed by atoms with van der Waals surface area (Å²) >= 11 is 6.40. The van der Waals surface area contributed by atoms with Gasteiger partial charge in [0.05, 0.1) is 17.9 Å². The highest BCUT2D eigenvalue weighted by Crippen LogP contribution is 2.33. The monoisotopic (exact) mass is 442 g/mol. The van der Waals surface area contributed by atoms with E-state index < -0.39 is 5.91 Å². The fraction of sp³-hybridized carbons (Fsp3) is 0.0400. The second-order valence-corrected chi connectivity index (χ2v) is 7.45. The molecule has 0 fully saturated rings. The van der Waals surface area contributed by atoms with Crippen LogP contribution in [0.2, 0.25) is 5.02 Å². The average molecular weight is 443 g/mol. The van der Waals surface area contributed by atoms with E-state index in [1.165, 1.54) is 0 Å². The molecule has 0 aliphatic heterocycles. The number of carbonyl (C=O) groups excluding carboxylic acids is 2. The van der Waals surface area contributed by atoms with Gasteiger partial charge in [0.15, 0.2) is 0 Å². The van der Waals surface area contributed by atoms with Crippen molar-refractivity contribution in [2.75, 3.05) is 0 Å². The summed E-state index contributed by atoms with van der Waals surface area (Å²) in [7, 11) is 0. The van der Waals surface area contributed by atoms with Crippen molar-refractivity contribution in [1.82, 2.24) is 15.3 Å². The summed E-state index contributed by atoms with van der Waals surface area (Å²) in [6, 6.07) is 21.2. The van der Waals surface area contributed by atoms with Crippen LogP contribution in [0.5, 0.6) is 0 Å². The maximum absolute atomic E-state index is 12.7. The van der Waals surface area contributed by atoms with E-state index in [0.29, 0.717) is 38.5 Å². The molecule has 32 heavy (non-hydrogen) atoms. The van der Waals surface area contributed by atoms with Gasteiger partial charge in [-0.2, -0.15) is 0 Å². The predicted octanol–water partition coefficient (Wildman–Crippen LogP) is 4.49. The van der Waals surface area contributed by atoms with Crippen molar-refractivity contribution in [2.45, 2.75) is 6.54 Å². The standard InChI is InChI=1S/C25H19ClN4O2/c26-22-10-8-16(13-21(22)23-6-2-4-12-29-23)20-14-17(7-9-19(20)24(27)31)25(32)30-15-18-5-1-3-11-28-18/h1-14H,15H2,(H2,27,31)(H,30,32). The maximum atomic E-state index is 12.7. The molecule has 0 saturated carbocycles. The van der Waals surface area contributed by atoms with Crippen LogP contribution in [0.1, 0.15) is 26.4 Å². The highest BCUT2D eigenvalue weighted by atomic mass is 35.5. The van der Waals surface area contributed by atoms with Crippen molar-refractivity contribution in [3.8, 4) is 22.4 Å². The molecule has 0 unspecified atom stereocenters. The normalized spacial score (nSPS) is 10.5. The van der Waals surface area contributed by atoms with E-state index in [1.54, 1.807) is 42.7 Å². The summed E-state index contributed by atoms with van der Waals surface area (Å²) in [5.74, 6) is -0.874. The Bertz CT molecular complexity index is 1280. The van der Waals surface area contributed by atoms with E-state index in [0.717, 1.165) is 5.69 Å². The molecule has 158 valence electrons. The first-order valence-electron chi connectivity index (χ1n) is 9.86. The van der Waals surface area contributed by atoms with Gasteiger partial charge >= 0.3 is 0 Å². The van der Waals surface area contributed by atoms with Gasteiger partial charge in [0.2, 0.25) is 5.91 Å². The van der Waals surface area contributed by atoms with Crippen molar-refractivity contribution >= 4 is 23.4 Å². The average Bonchev–Trinajstić information content (AvgIpc) is 2.83. The molecular formula is C25H19ClN4O2. The predicted molar refractivity (Wildman–Crippen MR) is 124 cm³/mol. The van der Waals surface area contributed by atoms with Crippen molar-refractivity contribution in [2.24, 2.45) is 5.73 Å². The van der Waals surface area contributed by atoms with Crippen molar-refractivity contribution in [3.05, 3.63) is 107 Å². The highest BCUT2D eigenvalue weighted by Gasteiger charge is 2.16. The van der Waals surface area contributed by atoms with Gasteiger partial charge in [-0.25, -0.2) is 0 Å². The van der Waals surface area contributed by atoms with Crippen LogP contribution in [-0.4, -0.2) is 21.8 Å². The lowest BCUT2D eigenvalue weighted by Gasteiger charge is -2.13. The molecule has 0 aliphatic carbocycles. The van der Waals surface area contributed by atoms with Gasteiger partial charge in [-0.05, 0) is 65.7 Å². The van der Waals surface area contributed by atoms with Gasteiger partial charge < -0.3 is 11.1 Å². The second kappa shape index (κ2) is 9.41. The lowest BCUT2D eigenvalue weighted by atomic mass is 9.94. The number of halogens is 1. The third kappa shape index (κ3) is 4.66. The van der Waals surface area contributed by atoms with Crippen molar-refractivity contribution in [1.29, 1.82) is 0 Å². The molecule has 0 spiro atoms. The van der Waals surface area contributed by atoms with E-state index in [2.05, 4.69) is 15.3 Å². The smallest absolute Gasteiger partial charge is 0.251 e. The molecule has 3 N–H and O–H groups in total. The third-order valence-corrected chi connectivity index (χ3v) is 5.25. The van der Waals surface area contributed by atoms with Crippen LogP contribution in [0.3, 0.4) is 0 Å². The molecule has 4 rings (SSSR count). The number of amides is 2. The quantitative estimate of drug-likeness (QED) is 0.459. The molecule has 0 saturated heterocycles. The van der Waals surface area contributed by atoms with Gasteiger partial charge in [-0.1, -0.05) is 29.8 Å². The lowest BCUT2D eigenvalue weighted by Crippen LogP contribution is -2.23. The lowest BCUT2D eigenvalue weighted by molar-refractivity contribution is 0.0948. The fourth-order valence-electron chi connectivity index (χ4n) is 3.33. The first kappa shape index (κ1) is 21.2. The SMILES string of the molecule is NC(=O)c1ccc(C(=O)NCc2ccccn2)cc1-c1ccc(Cl)c(-c2ccccn2)c1. The summed E-state index contributed by atoms with van der Waals surface area (Å²) in [4.78, 5) is 33.4. The Labute approximate surface area is 190 Å². The summed E-state index contributed by atoms with van der Waals surface area (Å²) < 4.78 is 0. The zero-order valence-corrected chi connectivity index (χ0v) is 17.7. The van der Waals surface area contributed by atoms with E-state index in [9.17, 15) is 9.59 Å². The number of carbonyl (C=O) groups is 2. The first-order chi connectivity index (χ1) is 15.5. The number of nitrogens with one attached hydrogen (secondary N) is 1. The summed E-state index contributed by atoms with van der Waals surface area (Å²) in [5, 5.41) is 3.37. The molecule has 4 aromatic rings. The van der Waals surface area contributed by atoms with Gasteiger partial charge in [0, 0.05) is 34.1 Å². The molecule has 7 heteroatoms. The summed E-state index contributed by atoms with van der Waals surface area (Å²) in [5.41, 5.74) is 9.70. The fourth-order valence-corrected chi connectivity index (χ4v) is 3.54. The van der Waals surface area contributed by atoms with Crippen molar-refractivity contribution in [3.63, 3.8) is 0 Å². The zero-order chi connectivity index (χ0) is 22.5. The Hall–Kier alpha value is -4.03. The molecule has 0 aliphatic rings. The molecule has 0 atom stereocenters. The van der Waals surface area contributed by atoms with Gasteiger partial charge in [0.25, 0.3) is 5.91 Å². The minimum atomic E-state index is -0.588. The number of primary amides is 1. The molecule has 2 aromatic carbocycles. The van der Waals surface area contributed by atoms with E-state index in [1.807, 2.05) is 42.5 Å². The van der Waals surface area contributed by atoms with Crippen LogP contribution in [0.25, 0.3) is 22.4 Å². The van der Waals surface area contributed by atoms with Gasteiger partial charge in [-0.15, -0.1) is 0 Å². The summed E-state index contributed by atoms with van der Waals surface area (Å²) in [6.45, 7) is 0.289. The Morgan fingerprint density at radius 1 is 0.875 bits per heavy atom. The Balaban J connectivity index is 1.70. The third-order valence-electron chi connectivity index (χ3n) is 4.92. The number of nitrogens with two attached hydrogens (primary N) is 1. The molecule has 0 radical (unpaired) electrons. The second-order valence-electron chi connectivity index (χ2n) is 7.04. The summed E-state index contributed by atoms with van der Waals surface area (Å²) in [6.07, 6.45) is 3.35. The first-order valence-corrected chi connectivity index (χ1v) is 10.2. The number of hydrogen-bond donors (Lipinski definition) is 2. The van der Waals surface area contributed by atoms with E-state index >= 15 is 0 Å². The number of rotatable bonds is 6. The molecule has 6 nitrogen and oxygen atoms in total. The van der Waals surface area contributed by atoms with Crippen LogP contribution in [0, 0.1) is 0 Å². The number of pyridine rings is 2. The van der Waals surface area contributed by atoms with Gasteiger partial charge in [0.1, 0.15) is 0 Å². The van der Waals surface area contributed by atoms with Gasteiger partial charge in [-0.3, -0.25) is 19.6 Å². The van der Waals surface area contributed by atoms with Crippen LogP contribution in [-0.2, 0) is 6.54 Å². The minimum Gasteiger partial charge on any atom is -0.366 e. The molecule has 2 heterocycles. The van der Waals surface area contributed by atoms with E-state index in [-0.39, 0.29) is 12.5 Å². The number of aromatic nitrogens is 2. The molecular weight excluding hydrogens is 424 g/mol. The number of hydrogen-bond acceptors (Lipinski definition) is 4. The van der Waals surface area contributed by atoms with Crippen molar-refractivity contribution < 1.29 is 9.59 Å². The molecule has 2 aromatic heterocycles. The molecule has 2 amide bonds. The zero-order valence-electron chi connectivity index (χ0n) is 17.0. The highest BCUT2D eigenvalue weighted by molar-refractivity contribution is 6.33. The minimum absolute atomic E-state index is 0.285.